The SMILES string of the molecule is CC(C)C(CO)(CO)CS. The fourth-order valence-corrected chi connectivity index (χ4v) is 1.26. The van der Waals surface area contributed by atoms with Gasteiger partial charge in [0.05, 0.1) is 13.2 Å². The Morgan fingerprint density at radius 2 is 1.70 bits per heavy atom. The zero-order valence-electron chi connectivity index (χ0n) is 6.54. The van der Waals surface area contributed by atoms with Crippen LogP contribution in [-0.2, 0) is 0 Å². The van der Waals surface area contributed by atoms with Crippen LogP contribution in [0, 0.1) is 11.3 Å². The number of hydrogen-bond donors (Lipinski definition) is 3. The number of hydrogen-bond acceptors (Lipinski definition) is 3. The molecule has 2 nitrogen and oxygen atoms in total. The lowest BCUT2D eigenvalue weighted by Gasteiger charge is -2.31. The average Bonchev–Trinajstić information content (AvgIpc) is 1.92. The Morgan fingerprint density at radius 3 is 1.70 bits per heavy atom. The quantitative estimate of drug-likeness (QED) is 0.531. The van der Waals surface area contributed by atoms with Gasteiger partial charge in [0.1, 0.15) is 0 Å². The van der Waals surface area contributed by atoms with Crippen molar-refractivity contribution in [2.75, 3.05) is 19.0 Å². The van der Waals surface area contributed by atoms with E-state index in [-0.39, 0.29) is 19.1 Å². The maximum atomic E-state index is 8.94. The molecule has 0 amide bonds. The van der Waals surface area contributed by atoms with Crippen molar-refractivity contribution in [3.8, 4) is 0 Å². The summed E-state index contributed by atoms with van der Waals surface area (Å²) in [5.74, 6) is 0.789. The van der Waals surface area contributed by atoms with Gasteiger partial charge in [0, 0.05) is 11.2 Å². The molecule has 0 fully saturated rings. The van der Waals surface area contributed by atoms with Crippen molar-refractivity contribution in [2.24, 2.45) is 11.3 Å². The first-order valence-corrected chi connectivity index (χ1v) is 4.09. The van der Waals surface area contributed by atoms with Crippen molar-refractivity contribution in [2.45, 2.75) is 13.8 Å². The maximum absolute atomic E-state index is 8.94. The molecule has 0 aliphatic rings. The lowest BCUT2D eigenvalue weighted by atomic mass is 9.80. The van der Waals surface area contributed by atoms with Crippen LogP contribution >= 0.6 is 12.6 Å². The van der Waals surface area contributed by atoms with E-state index in [1.807, 2.05) is 13.8 Å². The van der Waals surface area contributed by atoms with Crippen LogP contribution in [0.2, 0.25) is 0 Å². The molecule has 0 bridgehead atoms. The highest BCUT2D eigenvalue weighted by Crippen LogP contribution is 2.27. The molecule has 0 aromatic rings. The van der Waals surface area contributed by atoms with Crippen molar-refractivity contribution in [1.29, 1.82) is 0 Å². The van der Waals surface area contributed by atoms with Gasteiger partial charge < -0.3 is 10.2 Å². The Bertz CT molecular complexity index is 81.3. The Kier molecular flexibility index (Phi) is 4.32. The molecule has 0 unspecified atom stereocenters. The summed E-state index contributed by atoms with van der Waals surface area (Å²) in [6.45, 7) is 3.96. The Hall–Kier alpha value is 0.270. The summed E-state index contributed by atoms with van der Waals surface area (Å²) in [5.41, 5.74) is -0.400. The number of aliphatic hydroxyl groups excluding tert-OH is 2. The van der Waals surface area contributed by atoms with Gasteiger partial charge in [-0.15, -0.1) is 0 Å². The molecule has 0 atom stereocenters. The molecule has 0 saturated heterocycles. The minimum Gasteiger partial charge on any atom is -0.396 e. The molecule has 0 aromatic heterocycles. The average molecular weight is 164 g/mol. The van der Waals surface area contributed by atoms with Crippen LogP contribution in [0.25, 0.3) is 0 Å². The zero-order chi connectivity index (χ0) is 8.20. The highest BCUT2D eigenvalue weighted by Gasteiger charge is 2.30. The van der Waals surface area contributed by atoms with Gasteiger partial charge in [-0.1, -0.05) is 13.8 Å². The van der Waals surface area contributed by atoms with Gasteiger partial charge >= 0.3 is 0 Å². The Balaban J connectivity index is 4.15. The van der Waals surface area contributed by atoms with Crippen molar-refractivity contribution >= 4 is 12.6 Å². The third-order valence-corrected chi connectivity index (χ3v) is 2.80. The van der Waals surface area contributed by atoms with Gasteiger partial charge in [-0.3, -0.25) is 0 Å². The summed E-state index contributed by atoms with van der Waals surface area (Å²) in [6.07, 6.45) is 0. The molecule has 0 aliphatic heterocycles. The molecule has 0 aromatic carbocycles. The minimum atomic E-state index is -0.400. The van der Waals surface area contributed by atoms with Crippen molar-refractivity contribution in [3.63, 3.8) is 0 Å². The number of rotatable bonds is 4. The molecule has 0 aliphatic carbocycles. The predicted octanol–water partition coefficient (Wildman–Crippen LogP) is 0.543. The van der Waals surface area contributed by atoms with E-state index in [2.05, 4.69) is 12.6 Å². The summed E-state index contributed by atoms with van der Waals surface area (Å²) in [7, 11) is 0. The third kappa shape index (κ3) is 1.87. The van der Waals surface area contributed by atoms with E-state index in [1.165, 1.54) is 0 Å². The number of aliphatic hydroxyl groups is 2. The van der Waals surface area contributed by atoms with Gasteiger partial charge in [0.2, 0.25) is 0 Å². The van der Waals surface area contributed by atoms with Gasteiger partial charge in [0.25, 0.3) is 0 Å². The third-order valence-electron chi connectivity index (χ3n) is 2.17. The first kappa shape index (κ1) is 10.3. The van der Waals surface area contributed by atoms with Gasteiger partial charge in [-0.05, 0) is 5.92 Å². The standard InChI is InChI=1S/C7H16O2S/c1-6(2)7(3-8,4-9)5-10/h6,8-10H,3-5H2,1-2H3. The molecule has 0 saturated carbocycles. The highest BCUT2D eigenvalue weighted by molar-refractivity contribution is 7.80. The lowest BCUT2D eigenvalue weighted by molar-refractivity contribution is 0.0367. The lowest BCUT2D eigenvalue weighted by Crippen LogP contribution is -2.37. The fourth-order valence-electron chi connectivity index (χ4n) is 0.698. The van der Waals surface area contributed by atoms with Crippen LogP contribution in [0.3, 0.4) is 0 Å². The summed E-state index contributed by atoms with van der Waals surface area (Å²) < 4.78 is 0. The van der Waals surface area contributed by atoms with Crippen LogP contribution in [0.4, 0.5) is 0 Å². The zero-order valence-corrected chi connectivity index (χ0v) is 7.43. The molecule has 0 rings (SSSR count). The summed E-state index contributed by atoms with van der Waals surface area (Å²) in [5, 5.41) is 17.9. The van der Waals surface area contributed by atoms with Crippen LogP contribution in [-0.4, -0.2) is 29.2 Å². The molecule has 62 valence electrons. The van der Waals surface area contributed by atoms with E-state index in [0.717, 1.165) is 0 Å². The van der Waals surface area contributed by atoms with Crippen molar-refractivity contribution < 1.29 is 10.2 Å². The van der Waals surface area contributed by atoms with Crippen molar-refractivity contribution in [3.05, 3.63) is 0 Å². The van der Waals surface area contributed by atoms with Crippen LogP contribution < -0.4 is 0 Å². The topological polar surface area (TPSA) is 40.5 Å². The molecule has 2 N–H and O–H groups in total. The Labute approximate surface area is 67.7 Å². The van der Waals surface area contributed by atoms with E-state index in [0.29, 0.717) is 5.75 Å². The first-order valence-electron chi connectivity index (χ1n) is 3.45. The predicted molar refractivity (Wildman–Crippen MR) is 45.3 cm³/mol. The molecular formula is C7H16O2S. The highest BCUT2D eigenvalue weighted by atomic mass is 32.1. The summed E-state index contributed by atoms with van der Waals surface area (Å²) in [4.78, 5) is 0. The van der Waals surface area contributed by atoms with Gasteiger partial charge in [-0.2, -0.15) is 12.6 Å². The van der Waals surface area contributed by atoms with Crippen LogP contribution in [0.1, 0.15) is 13.8 Å². The van der Waals surface area contributed by atoms with Gasteiger partial charge in [0.15, 0.2) is 0 Å². The molecule has 0 radical (unpaired) electrons. The molecular weight excluding hydrogens is 148 g/mol. The van der Waals surface area contributed by atoms with E-state index in [4.69, 9.17) is 10.2 Å². The molecule has 0 spiro atoms. The molecule has 3 heteroatoms. The smallest absolute Gasteiger partial charge is 0.0519 e. The monoisotopic (exact) mass is 164 g/mol. The first-order chi connectivity index (χ1) is 4.63. The maximum Gasteiger partial charge on any atom is 0.0519 e. The van der Waals surface area contributed by atoms with Crippen molar-refractivity contribution in [1.82, 2.24) is 0 Å². The summed E-state index contributed by atoms with van der Waals surface area (Å²) >= 11 is 4.08. The largest absolute Gasteiger partial charge is 0.396 e. The van der Waals surface area contributed by atoms with E-state index < -0.39 is 5.41 Å². The summed E-state index contributed by atoms with van der Waals surface area (Å²) in [6, 6.07) is 0. The van der Waals surface area contributed by atoms with Gasteiger partial charge in [-0.25, -0.2) is 0 Å². The van der Waals surface area contributed by atoms with E-state index in [1.54, 1.807) is 0 Å². The minimum absolute atomic E-state index is 0.00463. The number of thiol groups is 1. The fraction of sp³-hybridized carbons (Fsp3) is 1.00. The van der Waals surface area contributed by atoms with Crippen LogP contribution in [0.5, 0.6) is 0 Å². The Morgan fingerprint density at radius 1 is 1.30 bits per heavy atom. The van der Waals surface area contributed by atoms with Crippen LogP contribution in [0.15, 0.2) is 0 Å². The normalized spacial score (nSPS) is 12.6. The molecule has 10 heavy (non-hydrogen) atoms. The molecule has 0 heterocycles. The second-order valence-electron chi connectivity index (χ2n) is 2.99. The van der Waals surface area contributed by atoms with E-state index >= 15 is 0 Å². The second-order valence-corrected chi connectivity index (χ2v) is 3.31. The second kappa shape index (κ2) is 4.21. The van der Waals surface area contributed by atoms with E-state index in [9.17, 15) is 0 Å².